The molecule has 1 fully saturated rings. The Morgan fingerprint density at radius 3 is 2.48 bits per heavy atom. The molecule has 1 aliphatic heterocycles. The van der Waals surface area contributed by atoms with Crippen molar-refractivity contribution < 1.29 is 28.8 Å². The number of nitrogens with zero attached hydrogens (tertiary/aromatic N) is 1. The summed E-state index contributed by atoms with van der Waals surface area (Å²) in [6, 6.07) is 6.57. The van der Waals surface area contributed by atoms with Crippen molar-refractivity contribution in [3.8, 4) is 5.75 Å². The molecule has 1 saturated heterocycles. The van der Waals surface area contributed by atoms with Gasteiger partial charge in [-0.05, 0) is 57.4 Å². The maximum Gasteiger partial charge on any atom is 0.328 e. The van der Waals surface area contributed by atoms with Crippen molar-refractivity contribution in [1.82, 2.24) is 4.90 Å². The van der Waals surface area contributed by atoms with Crippen molar-refractivity contribution in [2.45, 2.75) is 39.2 Å². The van der Waals surface area contributed by atoms with Gasteiger partial charge in [-0.1, -0.05) is 0 Å². The number of esters is 1. The number of nitrogens with one attached hydrogen (secondary N) is 2. The van der Waals surface area contributed by atoms with Gasteiger partial charge < -0.3 is 24.6 Å². The quantitative estimate of drug-likeness (QED) is 0.583. The van der Waals surface area contributed by atoms with E-state index in [1.165, 1.54) is 0 Å². The zero-order chi connectivity index (χ0) is 21.2. The average Bonchev–Trinajstić information content (AvgIpc) is 2.73. The average molecular weight is 407 g/mol. The van der Waals surface area contributed by atoms with Crippen molar-refractivity contribution in [3.63, 3.8) is 0 Å². The van der Waals surface area contributed by atoms with Gasteiger partial charge >= 0.3 is 5.97 Å². The zero-order valence-corrected chi connectivity index (χ0v) is 17.5. The molecule has 0 bridgehead atoms. The second-order valence-corrected chi connectivity index (χ2v) is 7.08. The van der Waals surface area contributed by atoms with Gasteiger partial charge in [0.05, 0.1) is 20.3 Å². The van der Waals surface area contributed by atoms with Gasteiger partial charge in [0.25, 0.3) is 11.8 Å². The lowest BCUT2D eigenvalue weighted by Crippen LogP contribution is -3.14. The first kappa shape index (κ1) is 22.7. The van der Waals surface area contributed by atoms with Gasteiger partial charge in [-0.3, -0.25) is 9.59 Å². The molecule has 1 aromatic carbocycles. The molecule has 8 nitrogen and oxygen atoms in total. The number of amides is 2. The molecule has 2 rings (SSSR count). The van der Waals surface area contributed by atoms with Crippen LogP contribution in [0.1, 0.15) is 33.1 Å². The van der Waals surface area contributed by atoms with Crippen molar-refractivity contribution >= 4 is 23.5 Å². The van der Waals surface area contributed by atoms with Gasteiger partial charge in [-0.2, -0.15) is 0 Å². The molecule has 1 aromatic rings. The third kappa shape index (κ3) is 6.74. The van der Waals surface area contributed by atoms with Crippen LogP contribution < -0.4 is 15.0 Å². The fourth-order valence-corrected chi connectivity index (χ4v) is 3.45. The van der Waals surface area contributed by atoms with Crippen molar-refractivity contribution in [2.75, 3.05) is 45.2 Å². The Morgan fingerprint density at radius 1 is 1.14 bits per heavy atom. The molecule has 0 spiro atoms. The predicted octanol–water partition coefficient (Wildman–Crippen LogP) is 0.483. The highest BCUT2D eigenvalue weighted by Gasteiger charge is 2.34. The molecule has 160 valence electrons. The van der Waals surface area contributed by atoms with Gasteiger partial charge in [0.2, 0.25) is 0 Å². The molecule has 1 aliphatic rings. The van der Waals surface area contributed by atoms with E-state index in [-0.39, 0.29) is 30.9 Å². The summed E-state index contributed by atoms with van der Waals surface area (Å²) in [6.45, 7) is 5.51. The van der Waals surface area contributed by atoms with Crippen LogP contribution in [0.5, 0.6) is 5.75 Å². The van der Waals surface area contributed by atoms with Crippen LogP contribution in [0.4, 0.5) is 5.69 Å². The van der Waals surface area contributed by atoms with Crippen LogP contribution in [0.25, 0.3) is 0 Å². The number of methoxy groups -OCH3 is 1. The predicted molar refractivity (Wildman–Crippen MR) is 109 cm³/mol. The largest absolute Gasteiger partial charge is 0.497 e. The second kappa shape index (κ2) is 11.4. The number of piperidine rings is 1. The Hall–Kier alpha value is -2.61. The summed E-state index contributed by atoms with van der Waals surface area (Å²) >= 11 is 0. The number of hydrogen-bond donors (Lipinski definition) is 2. The maximum absolute atomic E-state index is 12.8. The number of anilines is 1. The Kier molecular flexibility index (Phi) is 8.92. The first-order valence-electron chi connectivity index (χ1n) is 10.2. The van der Waals surface area contributed by atoms with E-state index >= 15 is 0 Å². The van der Waals surface area contributed by atoms with Crippen LogP contribution in [-0.4, -0.2) is 68.6 Å². The maximum atomic E-state index is 12.8. The lowest BCUT2D eigenvalue weighted by atomic mass is 10.0. The molecule has 2 atom stereocenters. The Labute approximate surface area is 172 Å². The van der Waals surface area contributed by atoms with Crippen LogP contribution in [0.2, 0.25) is 0 Å². The lowest BCUT2D eigenvalue weighted by molar-refractivity contribution is -0.882. The van der Waals surface area contributed by atoms with E-state index in [0.29, 0.717) is 37.6 Å². The van der Waals surface area contributed by atoms with Crippen LogP contribution in [0.15, 0.2) is 24.3 Å². The van der Waals surface area contributed by atoms with E-state index in [1.807, 2.05) is 6.92 Å². The molecule has 2 amide bonds. The number of rotatable bonds is 9. The van der Waals surface area contributed by atoms with E-state index in [4.69, 9.17) is 9.47 Å². The summed E-state index contributed by atoms with van der Waals surface area (Å²) in [4.78, 5) is 39.9. The first-order valence-corrected chi connectivity index (χ1v) is 10.2. The molecular formula is C21H32N3O5+. The molecule has 29 heavy (non-hydrogen) atoms. The molecule has 8 heteroatoms. The summed E-state index contributed by atoms with van der Waals surface area (Å²) in [5.74, 6) is 0.0974. The number of likely N-dealkylation sites (tertiary alicyclic amines) is 1. The van der Waals surface area contributed by atoms with Gasteiger partial charge in [-0.25, -0.2) is 4.79 Å². The summed E-state index contributed by atoms with van der Waals surface area (Å²) in [6.07, 6.45) is 2.41. The third-order valence-corrected chi connectivity index (χ3v) is 5.07. The lowest BCUT2D eigenvalue weighted by Gasteiger charge is -2.34. The Balaban J connectivity index is 1.92. The van der Waals surface area contributed by atoms with E-state index in [1.54, 1.807) is 43.2 Å². The summed E-state index contributed by atoms with van der Waals surface area (Å²) in [7, 11) is 1.59. The monoisotopic (exact) mass is 406 g/mol. The fraction of sp³-hybridized carbons (Fsp3) is 0.571. The molecule has 1 unspecified atom stereocenters. The number of benzene rings is 1. The zero-order valence-electron chi connectivity index (χ0n) is 17.5. The van der Waals surface area contributed by atoms with Crippen molar-refractivity contribution in [1.29, 1.82) is 0 Å². The number of hydrogen-bond acceptors (Lipinski definition) is 5. The molecule has 0 saturated carbocycles. The van der Waals surface area contributed by atoms with Crippen LogP contribution in [0, 0.1) is 0 Å². The van der Waals surface area contributed by atoms with E-state index < -0.39 is 6.04 Å². The topological polar surface area (TPSA) is 89.4 Å². The normalized spacial score (nSPS) is 17.3. The Bertz CT molecular complexity index is 692. The molecule has 1 heterocycles. The van der Waals surface area contributed by atoms with Gasteiger partial charge in [0.1, 0.15) is 11.8 Å². The minimum atomic E-state index is -0.512. The number of likely N-dealkylation sites (N-methyl/N-ethyl adjacent to an activating group) is 1. The van der Waals surface area contributed by atoms with E-state index in [9.17, 15) is 14.4 Å². The van der Waals surface area contributed by atoms with Crippen LogP contribution in [-0.2, 0) is 19.1 Å². The SMILES string of the molecule is CCOC(=O)[C@@H]1CCCCN1C(=O)C[NH+](CC)CC(=O)Nc1ccc(OC)cc1. The minimum Gasteiger partial charge on any atom is -0.497 e. The summed E-state index contributed by atoms with van der Waals surface area (Å²) < 4.78 is 10.2. The van der Waals surface area contributed by atoms with Gasteiger partial charge in [0.15, 0.2) is 13.1 Å². The Morgan fingerprint density at radius 2 is 1.86 bits per heavy atom. The first-order chi connectivity index (χ1) is 14.0. The van der Waals surface area contributed by atoms with Crippen LogP contribution >= 0.6 is 0 Å². The smallest absolute Gasteiger partial charge is 0.328 e. The number of carbonyl (C=O) groups excluding carboxylic acids is 3. The molecule has 0 radical (unpaired) electrons. The minimum absolute atomic E-state index is 0.114. The summed E-state index contributed by atoms with van der Waals surface area (Å²) in [5, 5.41) is 2.84. The highest BCUT2D eigenvalue weighted by molar-refractivity contribution is 5.91. The fourth-order valence-electron chi connectivity index (χ4n) is 3.45. The van der Waals surface area contributed by atoms with Crippen molar-refractivity contribution in [3.05, 3.63) is 24.3 Å². The molecule has 0 aliphatic carbocycles. The highest BCUT2D eigenvalue weighted by atomic mass is 16.5. The van der Waals surface area contributed by atoms with Crippen LogP contribution in [0.3, 0.4) is 0 Å². The highest BCUT2D eigenvalue weighted by Crippen LogP contribution is 2.18. The standard InChI is InChI=1S/C21H31N3O5/c1-4-23(14-19(25)22-16-9-11-17(28-3)12-10-16)15-20(26)24-13-7-6-8-18(24)21(27)29-5-2/h9-12,18H,4-8,13-15H2,1-3H3,(H,22,25)/p+1/t18-/m0/s1. The van der Waals surface area contributed by atoms with E-state index in [0.717, 1.165) is 17.7 Å². The molecule has 2 N–H and O–H groups in total. The van der Waals surface area contributed by atoms with Crippen molar-refractivity contribution in [2.24, 2.45) is 0 Å². The second-order valence-electron chi connectivity index (χ2n) is 7.08. The third-order valence-electron chi connectivity index (χ3n) is 5.07. The number of ether oxygens (including phenoxy) is 2. The number of carbonyl (C=O) groups is 3. The van der Waals surface area contributed by atoms with E-state index in [2.05, 4.69) is 5.32 Å². The summed E-state index contributed by atoms with van der Waals surface area (Å²) in [5.41, 5.74) is 0.677. The molecular weight excluding hydrogens is 374 g/mol. The van der Waals surface area contributed by atoms with Gasteiger partial charge in [0, 0.05) is 12.2 Å². The number of quaternary nitrogens is 1. The molecule has 0 aromatic heterocycles. The van der Waals surface area contributed by atoms with Gasteiger partial charge in [-0.15, -0.1) is 0 Å².